The molecule has 1 heterocycles. The summed E-state index contributed by atoms with van der Waals surface area (Å²) in [4.78, 5) is 14.1. The lowest BCUT2D eigenvalue weighted by Gasteiger charge is -2.18. The Balaban J connectivity index is 1.82. The van der Waals surface area contributed by atoms with Gasteiger partial charge in [-0.2, -0.15) is 0 Å². The quantitative estimate of drug-likeness (QED) is 0.639. The molecule has 0 spiro atoms. The lowest BCUT2D eigenvalue weighted by molar-refractivity contribution is 0.0772. The third kappa shape index (κ3) is 4.79. The molecule has 0 atom stereocenters. The number of nitrogens with zero attached hydrogens (tertiary/aromatic N) is 1. The van der Waals surface area contributed by atoms with Gasteiger partial charge in [-0.15, -0.1) is 0 Å². The minimum Gasteiger partial charge on any atom is -0.496 e. The zero-order valence-corrected chi connectivity index (χ0v) is 17.3. The van der Waals surface area contributed by atoms with Crippen LogP contribution in [0.15, 0.2) is 63.9 Å². The second kappa shape index (κ2) is 8.28. The Hall–Kier alpha value is -2.81. The maximum absolute atomic E-state index is 12.9. The van der Waals surface area contributed by atoms with Gasteiger partial charge in [0.2, 0.25) is 10.0 Å². The van der Waals surface area contributed by atoms with E-state index in [0.717, 1.165) is 5.56 Å². The van der Waals surface area contributed by atoms with Crippen molar-refractivity contribution in [3.05, 3.63) is 70.9 Å². The lowest BCUT2D eigenvalue weighted by atomic mass is 10.1. The molecule has 152 valence electrons. The van der Waals surface area contributed by atoms with Crippen LogP contribution in [0.1, 0.15) is 16.1 Å². The van der Waals surface area contributed by atoms with E-state index >= 15 is 0 Å². The van der Waals surface area contributed by atoms with Gasteiger partial charge >= 0.3 is 0 Å². The van der Waals surface area contributed by atoms with Gasteiger partial charge in [0.05, 0.1) is 24.1 Å². The molecule has 0 aliphatic rings. The van der Waals surface area contributed by atoms with E-state index < -0.39 is 15.9 Å². The molecule has 0 radical (unpaired) electrons. The third-order valence-corrected chi connectivity index (χ3v) is 5.42. The van der Waals surface area contributed by atoms with Crippen LogP contribution < -0.4 is 9.88 Å². The summed E-state index contributed by atoms with van der Waals surface area (Å²) in [6.45, 7) is 0.176. The van der Waals surface area contributed by atoms with Crippen LogP contribution in [0.2, 0.25) is 5.02 Å². The Kier molecular flexibility index (Phi) is 5.97. The minimum atomic E-state index is -3.95. The van der Waals surface area contributed by atoms with E-state index in [2.05, 4.69) is 0 Å². The van der Waals surface area contributed by atoms with Gasteiger partial charge in [0, 0.05) is 17.6 Å². The van der Waals surface area contributed by atoms with Gasteiger partial charge in [-0.1, -0.05) is 11.6 Å². The monoisotopic (exact) mass is 434 g/mol. The van der Waals surface area contributed by atoms with Crippen molar-refractivity contribution in [3.8, 4) is 17.1 Å². The number of sulfonamides is 1. The molecule has 3 aromatic rings. The number of benzene rings is 2. The molecule has 7 nitrogen and oxygen atoms in total. The number of halogens is 1. The van der Waals surface area contributed by atoms with E-state index in [1.807, 2.05) is 12.1 Å². The van der Waals surface area contributed by atoms with Crippen molar-refractivity contribution < 1.29 is 22.4 Å². The summed E-state index contributed by atoms with van der Waals surface area (Å²) in [5, 5.41) is 5.79. The number of carbonyl (C=O) groups is 1. The molecule has 2 aromatic carbocycles. The van der Waals surface area contributed by atoms with Crippen molar-refractivity contribution in [1.82, 2.24) is 4.90 Å². The molecular weight excluding hydrogens is 416 g/mol. The van der Waals surface area contributed by atoms with E-state index in [-0.39, 0.29) is 22.8 Å². The molecule has 1 amide bonds. The molecule has 0 bridgehead atoms. The van der Waals surface area contributed by atoms with Crippen molar-refractivity contribution in [3.63, 3.8) is 0 Å². The second-order valence-corrected chi connectivity index (χ2v) is 8.34. The highest BCUT2D eigenvalue weighted by Crippen LogP contribution is 2.26. The highest BCUT2D eigenvalue weighted by molar-refractivity contribution is 7.89. The standard InChI is InChI=1S/C20H19ClN2O5S/c1-23(12-15-7-9-18(28-15)13-3-5-14(21)6-4-13)20(24)17-11-16(29(22,25)26)8-10-19(17)27-2/h3-11H,12H2,1-2H3,(H2,22,25,26). The fourth-order valence-electron chi connectivity index (χ4n) is 2.77. The van der Waals surface area contributed by atoms with Crippen LogP contribution in [0.25, 0.3) is 11.3 Å². The maximum atomic E-state index is 12.9. The number of furan rings is 1. The van der Waals surface area contributed by atoms with Gasteiger partial charge in [-0.05, 0) is 54.6 Å². The normalized spacial score (nSPS) is 11.3. The molecule has 0 saturated carbocycles. The van der Waals surface area contributed by atoms with Crippen molar-refractivity contribution in [2.45, 2.75) is 11.4 Å². The first-order valence-corrected chi connectivity index (χ1v) is 10.4. The van der Waals surface area contributed by atoms with Crippen LogP contribution in [0, 0.1) is 0 Å². The van der Waals surface area contributed by atoms with Crippen molar-refractivity contribution in [2.75, 3.05) is 14.2 Å². The number of primary sulfonamides is 1. The summed E-state index contributed by atoms with van der Waals surface area (Å²) in [6, 6.07) is 14.7. The Labute approximate surface area is 173 Å². The van der Waals surface area contributed by atoms with Gasteiger partial charge in [-0.3, -0.25) is 4.79 Å². The van der Waals surface area contributed by atoms with Crippen LogP contribution in [-0.4, -0.2) is 33.4 Å². The van der Waals surface area contributed by atoms with Crippen LogP contribution in [0.3, 0.4) is 0 Å². The molecule has 0 aliphatic carbocycles. The summed E-state index contributed by atoms with van der Waals surface area (Å²) in [5.74, 6) is 1.02. The Bertz CT molecular complexity index is 1140. The van der Waals surface area contributed by atoms with E-state index in [1.165, 1.54) is 30.2 Å². The van der Waals surface area contributed by atoms with Crippen LogP contribution in [0.4, 0.5) is 0 Å². The third-order valence-electron chi connectivity index (χ3n) is 4.26. The molecule has 1 aromatic heterocycles. The Morgan fingerprint density at radius 1 is 1.14 bits per heavy atom. The van der Waals surface area contributed by atoms with Crippen molar-refractivity contribution >= 4 is 27.5 Å². The predicted octanol–water partition coefficient (Wildman–Crippen LogP) is 3.53. The smallest absolute Gasteiger partial charge is 0.257 e. The van der Waals surface area contributed by atoms with Crippen molar-refractivity contribution in [1.29, 1.82) is 0 Å². The molecule has 0 saturated heterocycles. The topological polar surface area (TPSA) is 103 Å². The molecule has 9 heteroatoms. The number of hydrogen-bond acceptors (Lipinski definition) is 5. The lowest BCUT2D eigenvalue weighted by Crippen LogP contribution is -2.27. The van der Waals surface area contributed by atoms with Gasteiger partial charge < -0.3 is 14.1 Å². The van der Waals surface area contributed by atoms with Gasteiger partial charge in [0.15, 0.2) is 0 Å². The molecule has 3 rings (SSSR count). The SMILES string of the molecule is COc1ccc(S(N)(=O)=O)cc1C(=O)N(C)Cc1ccc(-c2ccc(Cl)cc2)o1. The first-order chi connectivity index (χ1) is 13.7. The van der Waals surface area contributed by atoms with Gasteiger partial charge in [0.1, 0.15) is 17.3 Å². The number of amides is 1. The predicted molar refractivity (Wildman–Crippen MR) is 109 cm³/mol. The zero-order chi connectivity index (χ0) is 21.2. The summed E-state index contributed by atoms with van der Waals surface area (Å²) >= 11 is 5.90. The second-order valence-electron chi connectivity index (χ2n) is 6.34. The summed E-state index contributed by atoms with van der Waals surface area (Å²) in [6.07, 6.45) is 0. The first-order valence-electron chi connectivity index (χ1n) is 8.50. The Morgan fingerprint density at radius 3 is 2.45 bits per heavy atom. The highest BCUT2D eigenvalue weighted by Gasteiger charge is 2.21. The fourth-order valence-corrected chi connectivity index (χ4v) is 3.44. The highest BCUT2D eigenvalue weighted by atomic mass is 35.5. The number of methoxy groups -OCH3 is 1. The zero-order valence-electron chi connectivity index (χ0n) is 15.8. The number of hydrogen-bond donors (Lipinski definition) is 1. The van der Waals surface area contributed by atoms with E-state index in [4.69, 9.17) is 25.9 Å². The van der Waals surface area contributed by atoms with Crippen LogP contribution >= 0.6 is 11.6 Å². The number of ether oxygens (including phenoxy) is 1. The van der Waals surface area contributed by atoms with E-state index in [9.17, 15) is 13.2 Å². The number of carbonyl (C=O) groups excluding carboxylic acids is 1. The number of nitrogens with two attached hydrogens (primary N) is 1. The first kappa shape index (κ1) is 20.9. The van der Waals surface area contributed by atoms with E-state index in [0.29, 0.717) is 16.5 Å². The average molecular weight is 435 g/mol. The van der Waals surface area contributed by atoms with Crippen molar-refractivity contribution in [2.24, 2.45) is 5.14 Å². The Morgan fingerprint density at radius 2 is 1.83 bits per heavy atom. The largest absolute Gasteiger partial charge is 0.496 e. The molecule has 0 aliphatic heterocycles. The average Bonchev–Trinajstić information content (AvgIpc) is 3.15. The molecule has 29 heavy (non-hydrogen) atoms. The number of rotatable bonds is 6. The molecular formula is C20H19ClN2O5S. The maximum Gasteiger partial charge on any atom is 0.257 e. The summed E-state index contributed by atoms with van der Waals surface area (Å²) < 4.78 is 34.2. The molecule has 0 unspecified atom stereocenters. The summed E-state index contributed by atoms with van der Waals surface area (Å²) in [7, 11) is -0.977. The summed E-state index contributed by atoms with van der Waals surface area (Å²) in [5.41, 5.74) is 0.947. The minimum absolute atomic E-state index is 0.0889. The van der Waals surface area contributed by atoms with Gasteiger partial charge in [-0.25, -0.2) is 13.6 Å². The molecule has 2 N–H and O–H groups in total. The van der Waals surface area contributed by atoms with Crippen LogP contribution in [-0.2, 0) is 16.6 Å². The van der Waals surface area contributed by atoms with Gasteiger partial charge in [0.25, 0.3) is 5.91 Å². The molecule has 0 fully saturated rings. The van der Waals surface area contributed by atoms with E-state index in [1.54, 1.807) is 31.3 Å². The fraction of sp³-hybridized carbons (Fsp3) is 0.150. The van der Waals surface area contributed by atoms with Crippen LogP contribution in [0.5, 0.6) is 5.75 Å².